The number of hydrogen-bond acceptors (Lipinski definition) is 5. The Morgan fingerprint density at radius 2 is 1.59 bits per heavy atom. The number of amides is 1. The number of carbonyl (C=O) groups excluding carboxylic acids is 3. The summed E-state index contributed by atoms with van der Waals surface area (Å²) in [5.74, 6) is -1.30. The van der Waals surface area contributed by atoms with Crippen molar-refractivity contribution in [2.45, 2.75) is 52.7 Å². The van der Waals surface area contributed by atoms with Crippen molar-refractivity contribution in [3.63, 3.8) is 0 Å². The number of benzene rings is 2. The lowest BCUT2D eigenvalue weighted by Crippen LogP contribution is -2.61. The van der Waals surface area contributed by atoms with Crippen LogP contribution < -0.4 is 5.19 Å². The normalized spacial score (nSPS) is 27.8. The first-order chi connectivity index (χ1) is 18.4. The van der Waals surface area contributed by atoms with Gasteiger partial charge in [0.05, 0.1) is 25.3 Å². The van der Waals surface area contributed by atoms with Gasteiger partial charge in [0.15, 0.2) is 5.41 Å². The number of fused-ring (bicyclic) bond motifs is 2. The van der Waals surface area contributed by atoms with Crippen molar-refractivity contribution in [3.05, 3.63) is 89.3 Å². The molecule has 1 saturated carbocycles. The highest BCUT2D eigenvalue weighted by Crippen LogP contribution is 2.66. The van der Waals surface area contributed by atoms with Gasteiger partial charge in [-0.1, -0.05) is 106 Å². The molecule has 6 nitrogen and oxygen atoms in total. The quantitative estimate of drug-likeness (QED) is 0.299. The molecule has 2 aliphatic heterocycles. The highest BCUT2D eigenvalue weighted by Gasteiger charge is 2.72. The molecule has 0 radical (unpaired) electrons. The summed E-state index contributed by atoms with van der Waals surface area (Å²) in [5.41, 5.74) is -1.03. The summed E-state index contributed by atoms with van der Waals surface area (Å²) in [6, 6.07) is 19.5. The summed E-state index contributed by atoms with van der Waals surface area (Å²) < 4.78 is 10.9. The van der Waals surface area contributed by atoms with Crippen LogP contribution in [-0.4, -0.2) is 44.5 Å². The molecule has 0 spiro atoms. The zero-order valence-corrected chi connectivity index (χ0v) is 24.6. The van der Waals surface area contributed by atoms with E-state index in [0.29, 0.717) is 25.0 Å². The number of ether oxygens (including phenoxy) is 2. The van der Waals surface area contributed by atoms with Crippen LogP contribution in [0, 0.1) is 16.2 Å². The molecule has 2 fully saturated rings. The minimum absolute atomic E-state index is 0.306. The number of nitrogens with zero attached hydrogens (tertiary/aromatic N) is 1. The maximum atomic E-state index is 14.8. The lowest BCUT2D eigenvalue weighted by Gasteiger charge is -2.51. The molecule has 7 heteroatoms. The van der Waals surface area contributed by atoms with Crippen LogP contribution in [0.25, 0.3) is 0 Å². The van der Waals surface area contributed by atoms with Gasteiger partial charge in [-0.25, -0.2) is 4.79 Å². The second-order valence-corrected chi connectivity index (χ2v) is 16.7. The SMILES string of the molecule is COC(=O)C1=CN(C(=O)[C@@]23CC[C@@](C)(COC2=O)C3(C)C)[C@@H](c2ccccc2)C=C1[Si](C)(C)c1ccccc1. The molecule has 2 aromatic rings. The third-order valence-corrected chi connectivity index (χ3v) is 13.6. The Kier molecular flexibility index (Phi) is 6.49. The Labute approximate surface area is 231 Å². The third kappa shape index (κ3) is 3.85. The standard InChI is InChI=1S/C32H37NO5Si/c1-30(2)31(3)17-18-32(30,29(36)38-21-31)28(35)33-20-24(27(34)37-4)26(19-25(33)22-13-9-7-10-14-22)39(5,6)23-15-11-8-12-16-23/h7-16,19-20,25H,17-18,21H2,1-6H3/t25-,31+,32+/m1/s1. The molecular formula is C32H37NO5Si. The fourth-order valence-corrected chi connectivity index (χ4v) is 9.53. The predicted octanol–water partition coefficient (Wildman–Crippen LogP) is 5.08. The van der Waals surface area contributed by atoms with E-state index in [2.05, 4.69) is 32.2 Å². The van der Waals surface area contributed by atoms with Crippen LogP contribution in [0.15, 0.2) is 83.7 Å². The van der Waals surface area contributed by atoms with Crippen LogP contribution in [0.2, 0.25) is 13.1 Å². The highest BCUT2D eigenvalue weighted by atomic mass is 28.3. The maximum Gasteiger partial charge on any atom is 0.339 e. The van der Waals surface area contributed by atoms with E-state index in [1.165, 1.54) is 12.3 Å². The predicted molar refractivity (Wildman–Crippen MR) is 152 cm³/mol. The summed E-state index contributed by atoms with van der Waals surface area (Å²) in [6.07, 6.45) is 4.81. The Morgan fingerprint density at radius 1 is 0.974 bits per heavy atom. The second-order valence-electron chi connectivity index (χ2n) is 12.3. The molecule has 3 atom stereocenters. The van der Waals surface area contributed by atoms with Crippen LogP contribution in [0.3, 0.4) is 0 Å². The molecule has 2 aromatic carbocycles. The minimum Gasteiger partial charge on any atom is -0.465 e. The molecule has 0 N–H and O–H groups in total. The fourth-order valence-electron chi connectivity index (χ4n) is 6.78. The first kappa shape index (κ1) is 27.1. The molecule has 1 aliphatic carbocycles. The molecule has 5 rings (SSSR count). The van der Waals surface area contributed by atoms with E-state index in [1.54, 1.807) is 11.1 Å². The molecule has 2 bridgehead atoms. The van der Waals surface area contributed by atoms with E-state index in [9.17, 15) is 14.4 Å². The van der Waals surface area contributed by atoms with Crippen LogP contribution in [-0.2, 0) is 23.9 Å². The van der Waals surface area contributed by atoms with Gasteiger partial charge in [-0.05, 0) is 29.0 Å². The number of cyclic esters (lactones) is 1. The number of rotatable bonds is 5. The van der Waals surface area contributed by atoms with Gasteiger partial charge in [0.1, 0.15) is 8.07 Å². The molecular weight excluding hydrogens is 506 g/mol. The number of carbonyl (C=O) groups is 3. The van der Waals surface area contributed by atoms with Gasteiger partial charge in [-0.15, -0.1) is 0 Å². The van der Waals surface area contributed by atoms with Crippen molar-refractivity contribution in [1.29, 1.82) is 0 Å². The third-order valence-electron chi connectivity index (χ3n) is 10.00. The first-order valence-electron chi connectivity index (χ1n) is 13.5. The van der Waals surface area contributed by atoms with Crippen LogP contribution >= 0.6 is 0 Å². The molecule has 2 heterocycles. The molecule has 1 amide bonds. The molecule has 1 saturated heterocycles. The van der Waals surface area contributed by atoms with Gasteiger partial charge in [0.2, 0.25) is 5.91 Å². The zero-order valence-electron chi connectivity index (χ0n) is 23.6. The van der Waals surface area contributed by atoms with Crippen molar-refractivity contribution in [3.8, 4) is 0 Å². The van der Waals surface area contributed by atoms with Crippen LogP contribution in [0.5, 0.6) is 0 Å². The second kappa shape index (κ2) is 9.33. The molecule has 39 heavy (non-hydrogen) atoms. The molecule has 0 aromatic heterocycles. The van der Waals surface area contributed by atoms with E-state index in [-0.39, 0.29) is 11.3 Å². The monoisotopic (exact) mass is 543 g/mol. The summed E-state index contributed by atoms with van der Waals surface area (Å²) in [5, 5.41) is 2.07. The lowest BCUT2D eigenvalue weighted by molar-refractivity contribution is -0.192. The Bertz CT molecular complexity index is 1380. The van der Waals surface area contributed by atoms with Crippen molar-refractivity contribution in [2.24, 2.45) is 16.2 Å². The summed E-state index contributed by atoms with van der Waals surface area (Å²) >= 11 is 0. The summed E-state index contributed by atoms with van der Waals surface area (Å²) in [4.78, 5) is 43.2. The average Bonchev–Trinajstić information content (AvgIpc) is 3.05. The van der Waals surface area contributed by atoms with E-state index in [0.717, 1.165) is 10.8 Å². The van der Waals surface area contributed by atoms with Crippen molar-refractivity contribution in [2.75, 3.05) is 13.7 Å². The van der Waals surface area contributed by atoms with Crippen molar-refractivity contribution < 1.29 is 23.9 Å². The Hall–Kier alpha value is -3.45. The average molecular weight is 544 g/mol. The minimum atomic E-state index is -2.41. The fraction of sp³-hybridized carbons (Fsp3) is 0.406. The van der Waals surface area contributed by atoms with Gasteiger partial charge >= 0.3 is 11.9 Å². The summed E-state index contributed by atoms with van der Waals surface area (Å²) in [6.45, 7) is 10.8. The van der Waals surface area contributed by atoms with Gasteiger partial charge in [0.25, 0.3) is 0 Å². The molecule has 204 valence electrons. The van der Waals surface area contributed by atoms with Gasteiger partial charge < -0.3 is 14.4 Å². The van der Waals surface area contributed by atoms with E-state index >= 15 is 0 Å². The van der Waals surface area contributed by atoms with E-state index < -0.39 is 36.9 Å². The summed E-state index contributed by atoms with van der Waals surface area (Å²) in [7, 11) is -1.05. The van der Waals surface area contributed by atoms with E-state index in [1.807, 2.05) is 68.5 Å². The van der Waals surface area contributed by atoms with Crippen LogP contribution in [0.1, 0.15) is 45.2 Å². The Morgan fingerprint density at radius 3 is 2.21 bits per heavy atom. The number of methoxy groups -OCH3 is 1. The highest BCUT2D eigenvalue weighted by molar-refractivity contribution is 6.96. The smallest absolute Gasteiger partial charge is 0.339 e. The van der Waals surface area contributed by atoms with Gasteiger partial charge in [-0.2, -0.15) is 0 Å². The van der Waals surface area contributed by atoms with Crippen LogP contribution in [0.4, 0.5) is 0 Å². The van der Waals surface area contributed by atoms with Gasteiger partial charge in [-0.3, -0.25) is 9.59 Å². The zero-order chi connectivity index (χ0) is 28.2. The topological polar surface area (TPSA) is 72.9 Å². The maximum absolute atomic E-state index is 14.8. The van der Waals surface area contributed by atoms with Crippen molar-refractivity contribution >= 4 is 31.1 Å². The molecule has 0 unspecified atom stereocenters. The molecule has 3 aliphatic rings. The van der Waals surface area contributed by atoms with Crippen molar-refractivity contribution in [1.82, 2.24) is 4.90 Å². The lowest BCUT2D eigenvalue weighted by atomic mass is 9.57. The first-order valence-corrected chi connectivity index (χ1v) is 16.5. The number of hydrogen-bond donors (Lipinski definition) is 0. The van der Waals surface area contributed by atoms with Gasteiger partial charge in [0, 0.05) is 11.6 Å². The Balaban J connectivity index is 1.71. The van der Waals surface area contributed by atoms with E-state index in [4.69, 9.17) is 9.47 Å². The number of esters is 2. The largest absolute Gasteiger partial charge is 0.465 e.